The second kappa shape index (κ2) is 11.6. The van der Waals surface area contributed by atoms with Gasteiger partial charge in [0.1, 0.15) is 17.2 Å². The van der Waals surface area contributed by atoms with E-state index in [1.54, 1.807) is 19.9 Å². The number of sulfonamides is 1. The molecule has 0 spiro atoms. The molecule has 4 rings (SSSR count). The summed E-state index contributed by atoms with van der Waals surface area (Å²) in [5, 5.41) is 10.6. The molecule has 0 bridgehead atoms. The first-order valence-corrected chi connectivity index (χ1v) is 13.7. The van der Waals surface area contributed by atoms with Crippen LogP contribution in [0, 0.1) is 6.92 Å². The average Bonchev–Trinajstić information content (AvgIpc) is 2.92. The fraction of sp³-hybridized carbons (Fsp3) is 0.172. The predicted molar refractivity (Wildman–Crippen MR) is 146 cm³/mol. The first-order valence-electron chi connectivity index (χ1n) is 12.2. The number of ether oxygens (including phenoxy) is 2. The van der Waals surface area contributed by atoms with Crippen LogP contribution in [0.4, 0.5) is 13.2 Å². The zero-order valence-electron chi connectivity index (χ0n) is 21.9. The summed E-state index contributed by atoms with van der Waals surface area (Å²) in [7, 11) is -4.30. The van der Waals surface area contributed by atoms with Gasteiger partial charge in [-0.3, -0.25) is 0 Å². The van der Waals surface area contributed by atoms with Crippen LogP contribution < -0.4 is 9.46 Å². The Labute approximate surface area is 234 Å². The minimum absolute atomic E-state index is 0.105. The maximum atomic E-state index is 13.5. The van der Waals surface area contributed by atoms with Crippen LogP contribution in [0.5, 0.6) is 5.75 Å². The molecule has 1 heterocycles. The summed E-state index contributed by atoms with van der Waals surface area (Å²) in [4.78, 5) is 15.8. The van der Waals surface area contributed by atoms with Gasteiger partial charge in [0, 0.05) is 5.39 Å². The van der Waals surface area contributed by atoms with Gasteiger partial charge >= 0.3 is 12.3 Å². The maximum Gasteiger partial charge on any atom is 0.573 e. The topological polar surface area (TPSA) is 115 Å². The number of aromatic carboxylic acids is 1. The van der Waals surface area contributed by atoms with Gasteiger partial charge in [-0.05, 0) is 66.8 Å². The van der Waals surface area contributed by atoms with E-state index in [9.17, 15) is 26.4 Å². The number of aryl methyl sites for hydroxylation is 1. The van der Waals surface area contributed by atoms with Crippen molar-refractivity contribution >= 4 is 32.5 Å². The van der Waals surface area contributed by atoms with Crippen molar-refractivity contribution in [3.63, 3.8) is 0 Å². The SMILES string of the molecule is C=C(OCC)c1nc(C(NS(=O)(=O)c2ccc(C(=O)O)cc2)c2ccc(OC(F)(F)F)cc2)c(C)c2ccccc12. The number of alkyl halides is 3. The second-order valence-corrected chi connectivity index (χ2v) is 10.6. The second-order valence-electron chi connectivity index (χ2n) is 8.87. The standard InChI is InChI=1S/C29H25F3N2O6S/c1-4-39-18(3)26-24-8-6-5-7-23(24)17(2)25(33-26)27(19-9-13-21(14-10-19)40-29(30,31)32)34-41(37,38)22-15-11-20(12-16-22)28(35)36/h5-16,27,34H,3-4H2,1-2H3,(H,35,36). The number of nitrogens with one attached hydrogen (secondary N) is 1. The van der Waals surface area contributed by atoms with E-state index >= 15 is 0 Å². The summed E-state index contributed by atoms with van der Waals surface area (Å²) < 4.78 is 77.5. The molecule has 0 aliphatic carbocycles. The number of benzene rings is 3. The number of fused-ring (bicyclic) bond motifs is 1. The molecule has 0 saturated carbocycles. The number of nitrogens with zero attached hydrogens (tertiary/aromatic N) is 1. The minimum Gasteiger partial charge on any atom is -0.492 e. The van der Waals surface area contributed by atoms with E-state index in [2.05, 4.69) is 16.0 Å². The van der Waals surface area contributed by atoms with Crippen molar-refractivity contribution in [1.29, 1.82) is 0 Å². The maximum absolute atomic E-state index is 13.5. The molecule has 0 aliphatic heterocycles. The highest BCUT2D eigenvalue weighted by Crippen LogP contribution is 2.34. The average molecular weight is 587 g/mol. The van der Waals surface area contributed by atoms with Crippen molar-refractivity contribution in [3.05, 3.63) is 107 Å². The molecule has 3 aromatic carbocycles. The molecule has 1 atom stereocenters. The molecule has 0 fully saturated rings. The van der Waals surface area contributed by atoms with Gasteiger partial charge in [-0.2, -0.15) is 4.72 Å². The lowest BCUT2D eigenvalue weighted by Gasteiger charge is -2.23. The van der Waals surface area contributed by atoms with Crippen molar-refractivity contribution in [2.45, 2.75) is 31.1 Å². The number of halogens is 3. The largest absolute Gasteiger partial charge is 0.573 e. The molecule has 0 saturated heterocycles. The Morgan fingerprint density at radius 3 is 2.20 bits per heavy atom. The van der Waals surface area contributed by atoms with E-state index in [1.807, 2.05) is 18.2 Å². The molecule has 1 aromatic heterocycles. The zero-order valence-corrected chi connectivity index (χ0v) is 22.7. The minimum atomic E-state index is -4.91. The Hall–Kier alpha value is -4.42. The van der Waals surface area contributed by atoms with Crippen molar-refractivity contribution < 1.29 is 41.0 Å². The van der Waals surface area contributed by atoms with Gasteiger partial charge in [-0.15, -0.1) is 13.2 Å². The molecule has 12 heteroatoms. The first-order chi connectivity index (χ1) is 19.3. The summed E-state index contributed by atoms with van der Waals surface area (Å²) in [6, 6.07) is 15.4. The van der Waals surface area contributed by atoms with Crippen LogP contribution in [0.1, 0.15) is 45.8 Å². The highest BCUT2D eigenvalue weighted by atomic mass is 32.2. The molecule has 0 radical (unpaired) electrons. The normalized spacial score (nSPS) is 12.6. The lowest BCUT2D eigenvalue weighted by atomic mass is 9.95. The molecule has 2 N–H and O–H groups in total. The summed E-state index contributed by atoms with van der Waals surface area (Å²) in [5.41, 5.74) is 1.40. The smallest absolute Gasteiger partial charge is 0.492 e. The van der Waals surface area contributed by atoms with Crippen LogP contribution in [0.25, 0.3) is 16.5 Å². The lowest BCUT2D eigenvalue weighted by Crippen LogP contribution is -2.31. The van der Waals surface area contributed by atoms with Gasteiger partial charge in [-0.25, -0.2) is 18.2 Å². The van der Waals surface area contributed by atoms with E-state index in [0.29, 0.717) is 23.3 Å². The number of hydrogen-bond acceptors (Lipinski definition) is 6. The van der Waals surface area contributed by atoms with Gasteiger partial charge < -0.3 is 14.6 Å². The quantitative estimate of drug-likeness (QED) is 0.212. The Morgan fingerprint density at radius 2 is 1.63 bits per heavy atom. The van der Waals surface area contributed by atoms with E-state index in [4.69, 9.17) is 14.8 Å². The Bertz CT molecular complexity index is 1700. The Balaban J connectivity index is 1.89. The number of carboxylic acids is 1. The van der Waals surface area contributed by atoms with E-state index < -0.39 is 34.1 Å². The number of rotatable bonds is 10. The molecule has 1 unspecified atom stereocenters. The van der Waals surface area contributed by atoms with Crippen molar-refractivity contribution in [2.24, 2.45) is 0 Å². The molecule has 214 valence electrons. The third kappa shape index (κ3) is 6.67. The molecule has 4 aromatic rings. The van der Waals surface area contributed by atoms with Crippen LogP contribution in [0.2, 0.25) is 0 Å². The van der Waals surface area contributed by atoms with Gasteiger partial charge in [0.2, 0.25) is 10.0 Å². The van der Waals surface area contributed by atoms with E-state index in [-0.39, 0.29) is 27.5 Å². The van der Waals surface area contributed by atoms with Gasteiger partial charge in [-0.1, -0.05) is 43.0 Å². The number of carbonyl (C=O) groups is 1. The van der Waals surface area contributed by atoms with Crippen LogP contribution in [0.3, 0.4) is 0 Å². The summed E-state index contributed by atoms with van der Waals surface area (Å²) in [6.45, 7) is 7.80. The summed E-state index contributed by atoms with van der Waals surface area (Å²) >= 11 is 0. The van der Waals surface area contributed by atoms with E-state index in [1.165, 1.54) is 12.1 Å². The summed E-state index contributed by atoms with van der Waals surface area (Å²) in [6.07, 6.45) is -4.91. The number of carboxylic acid groups (broad SMARTS) is 1. The first kappa shape index (κ1) is 29.6. The molecule has 8 nitrogen and oxygen atoms in total. The zero-order chi connectivity index (χ0) is 29.9. The fourth-order valence-electron chi connectivity index (χ4n) is 4.30. The van der Waals surface area contributed by atoms with Gasteiger partial charge in [0.05, 0.1) is 28.8 Å². The van der Waals surface area contributed by atoms with Crippen molar-refractivity contribution in [1.82, 2.24) is 9.71 Å². The van der Waals surface area contributed by atoms with Crippen molar-refractivity contribution in [2.75, 3.05) is 6.61 Å². The molecule has 0 amide bonds. The summed E-state index contributed by atoms with van der Waals surface area (Å²) in [5.74, 6) is -1.45. The lowest BCUT2D eigenvalue weighted by molar-refractivity contribution is -0.274. The van der Waals surface area contributed by atoms with Crippen molar-refractivity contribution in [3.8, 4) is 5.75 Å². The highest BCUT2D eigenvalue weighted by Gasteiger charge is 2.32. The van der Waals surface area contributed by atoms with Crippen LogP contribution in [0.15, 0.2) is 84.3 Å². The van der Waals surface area contributed by atoms with Gasteiger partial charge in [0.15, 0.2) is 0 Å². The highest BCUT2D eigenvalue weighted by molar-refractivity contribution is 7.89. The predicted octanol–water partition coefficient (Wildman–Crippen LogP) is 6.22. The number of pyridine rings is 1. The third-order valence-corrected chi connectivity index (χ3v) is 7.63. The molecule has 0 aliphatic rings. The number of hydrogen-bond donors (Lipinski definition) is 2. The molecular weight excluding hydrogens is 561 g/mol. The number of aromatic nitrogens is 1. The Morgan fingerprint density at radius 1 is 1.02 bits per heavy atom. The Kier molecular flexibility index (Phi) is 8.36. The monoisotopic (exact) mass is 586 g/mol. The van der Waals surface area contributed by atoms with Gasteiger partial charge in [0.25, 0.3) is 0 Å². The third-order valence-electron chi connectivity index (χ3n) is 6.19. The van der Waals surface area contributed by atoms with E-state index in [0.717, 1.165) is 41.8 Å². The molecule has 41 heavy (non-hydrogen) atoms. The van der Waals surface area contributed by atoms with Crippen LogP contribution in [-0.2, 0) is 14.8 Å². The molecular formula is C29H25F3N2O6S. The van der Waals surface area contributed by atoms with Crippen LogP contribution in [-0.4, -0.2) is 37.4 Å². The van der Waals surface area contributed by atoms with Crippen LogP contribution >= 0.6 is 0 Å². The fourth-order valence-corrected chi connectivity index (χ4v) is 5.49.